The SMILES string of the molecule is CCC(=O)C1CC(c2ccccc2)CN1CC. The van der Waals surface area contributed by atoms with Crippen molar-refractivity contribution in [1.82, 2.24) is 4.90 Å². The molecule has 1 heterocycles. The Balaban J connectivity index is 2.12. The lowest BCUT2D eigenvalue weighted by atomic mass is 9.95. The van der Waals surface area contributed by atoms with Gasteiger partial charge in [-0.3, -0.25) is 9.69 Å². The fourth-order valence-corrected chi connectivity index (χ4v) is 2.79. The largest absolute Gasteiger partial charge is 0.298 e. The number of Topliss-reactive ketones (excluding diaryl/α,β-unsaturated/α-hetero) is 1. The van der Waals surface area contributed by atoms with E-state index in [1.807, 2.05) is 13.0 Å². The molecule has 0 radical (unpaired) electrons. The van der Waals surface area contributed by atoms with Gasteiger partial charge in [0.15, 0.2) is 0 Å². The van der Waals surface area contributed by atoms with Gasteiger partial charge in [0, 0.05) is 13.0 Å². The number of hydrogen-bond acceptors (Lipinski definition) is 2. The van der Waals surface area contributed by atoms with Crippen molar-refractivity contribution in [2.45, 2.75) is 38.6 Å². The molecular formula is C15H21NO. The molecule has 1 aromatic carbocycles. The first-order valence-corrected chi connectivity index (χ1v) is 6.58. The lowest BCUT2D eigenvalue weighted by molar-refractivity contribution is -0.122. The number of rotatable bonds is 4. The minimum atomic E-state index is 0.148. The average Bonchev–Trinajstić information content (AvgIpc) is 2.83. The molecule has 0 amide bonds. The standard InChI is InChI=1S/C15H21NO/c1-3-15(17)14-10-13(11-16(14)4-2)12-8-6-5-7-9-12/h5-9,13-14H,3-4,10-11H2,1-2H3. The van der Waals surface area contributed by atoms with Crippen LogP contribution in [0.15, 0.2) is 30.3 Å². The normalized spacial score (nSPS) is 25.1. The molecule has 2 heteroatoms. The number of likely N-dealkylation sites (N-methyl/N-ethyl adjacent to an activating group) is 1. The molecule has 1 aliphatic rings. The van der Waals surface area contributed by atoms with Crippen molar-refractivity contribution >= 4 is 5.78 Å². The monoisotopic (exact) mass is 231 g/mol. The molecule has 1 aromatic rings. The Morgan fingerprint density at radius 3 is 2.59 bits per heavy atom. The van der Waals surface area contributed by atoms with Crippen molar-refractivity contribution in [3.63, 3.8) is 0 Å². The van der Waals surface area contributed by atoms with Gasteiger partial charge in [-0.2, -0.15) is 0 Å². The summed E-state index contributed by atoms with van der Waals surface area (Å²) in [5.41, 5.74) is 1.37. The van der Waals surface area contributed by atoms with Crippen LogP contribution in [0, 0.1) is 0 Å². The van der Waals surface area contributed by atoms with Gasteiger partial charge in [0.25, 0.3) is 0 Å². The van der Waals surface area contributed by atoms with E-state index in [4.69, 9.17) is 0 Å². The third kappa shape index (κ3) is 2.58. The van der Waals surface area contributed by atoms with Gasteiger partial charge in [0.2, 0.25) is 0 Å². The van der Waals surface area contributed by atoms with Gasteiger partial charge in [0.05, 0.1) is 6.04 Å². The second-order valence-electron chi connectivity index (χ2n) is 4.77. The molecular weight excluding hydrogens is 210 g/mol. The summed E-state index contributed by atoms with van der Waals surface area (Å²) >= 11 is 0. The number of benzene rings is 1. The van der Waals surface area contributed by atoms with Crippen molar-refractivity contribution in [3.8, 4) is 0 Å². The number of carbonyl (C=O) groups is 1. The van der Waals surface area contributed by atoms with E-state index < -0.39 is 0 Å². The first-order chi connectivity index (χ1) is 8.26. The Kier molecular flexibility index (Phi) is 3.95. The summed E-state index contributed by atoms with van der Waals surface area (Å²) in [4.78, 5) is 14.2. The summed E-state index contributed by atoms with van der Waals surface area (Å²) in [7, 11) is 0. The first-order valence-electron chi connectivity index (χ1n) is 6.58. The Bertz CT molecular complexity index is 374. The molecule has 2 rings (SSSR count). The van der Waals surface area contributed by atoms with E-state index in [1.165, 1.54) is 5.56 Å². The molecule has 17 heavy (non-hydrogen) atoms. The fourth-order valence-electron chi connectivity index (χ4n) is 2.79. The molecule has 0 bridgehead atoms. The number of likely N-dealkylation sites (tertiary alicyclic amines) is 1. The van der Waals surface area contributed by atoms with Crippen LogP contribution in [-0.4, -0.2) is 29.8 Å². The maximum atomic E-state index is 11.9. The third-order valence-corrected chi connectivity index (χ3v) is 3.80. The summed E-state index contributed by atoms with van der Waals surface area (Å²) < 4.78 is 0. The number of carbonyl (C=O) groups excluding carboxylic acids is 1. The van der Waals surface area contributed by atoms with Gasteiger partial charge in [-0.05, 0) is 24.4 Å². The smallest absolute Gasteiger partial charge is 0.149 e. The Hall–Kier alpha value is -1.15. The summed E-state index contributed by atoms with van der Waals surface area (Å²) in [5, 5.41) is 0. The van der Waals surface area contributed by atoms with Crippen molar-refractivity contribution in [3.05, 3.63) is 35.9 Å². The maximum absolute atomic E-state index is 11.9. The number of ketones is 1. The Labute approximate surface area is 104 Å². The zero-order valence-electron chi connectivity index (χ0n) is 10.7. The summed E-state index contributed by atoms with van der Waals surface area (Å²) in [6, 6.07) is 10.7. The van der Waals surface area contributed by atoms with Crippen molar-refractivity contribution in [2.75, 3.05) is 13.1 Å². The predicted molar refractivity (Wildman–Crippen MR) is 70.1 cm³/mol. The van der Waals surface area contributed by atoms with E-state index in [-0.39, 0.29) is 6.04 Å². The van der Waals surface area contributed by atoms with Gasteiger partial charge in [-0.25, -0.2) is 0 Å². The van der Waals surface area contributed by atoms with Gasteiger partial charge < -0.3 is 0 Å². The molecule has 0 aliphatic carbocycles. The molecule has 0 aromatic heterocycles. The van der Waals surface area contributed by atoms with Crippen LogP contribution < -0.4 is 0 Å². The van der Waals surface area contributed by atoms with Crippen LogP contribution in [0.1, 0.15) is 38.2 Å². The average molecular weight is 231 g/mol. The van der Waals surface area contributed by atoms with E-state index in [1.54, 1.807) is 0 Å². The second-order valence-corrected chi connectivity index (χ2v) is 4.77. The van der Waals surface area contributed by atoms with Crippen molar-refractivity contribution < 1.29 is 4.79 Å². The van der Waals surface area contributed by atoms with Gasteiger partial charge in [-0.15, -0.1) is 0 Å². The van der Waals surface area contributed by atoms with E-state index >= 15 is 0 Å². The summed E-state index contributed by atoms with van der Waals surface area (Å²) in [5.74, 6) is 0.918. The van der Waals surface area contributed by atoms with Crippen molar-refractivity contribution in [2.24, 2.45) is 0 Å². The van der Waals surface area contributed by atoms with Crippen LogP contribution in [0.3, 0.4) is 0 Å². The topological polar surface area (TPSA) is 20.3 Å². The quantitative estimate of drug-likeness (QED) is 0.794. The van der Waals surface area contributed by atoms with Crippen LogP contribution in [0.4, 0.5) is 0 Å². The highest BCUT2D eigenvalue weighted by molar-refractivity contribution is 5.84. The molecule has 0 spiro atoms. The fraction of sp³-hybridized carbons (Fsp3) is 0.533. The van der Waals surface area contributed by atoms with Crippen LogP contribution in [0.25, 0.3) is 0 Å². The summed E-state index contributed by atoms with van der Waals surface area (Å²) in [6.45, 7) is 6.10. The highest BCUT2D eigenvalue weighted by Crippen LogP contribution is 2.32. The maximum Gasteiger partial charge on any atom is 0.149 e. The van der Waals surface area contributed by atoms with Crippen molar-refractivity contribution in [1.29, 1.82) is 0 Å². The van der Waals surface area contributed by atoms with Gasteiger partial charge >= 0.3 is 0 Å². The van der Waals surface area contributed by atoms with E-state index in [0.717, 1.165) is 19.5 Å². The number of nitrogens with zero attached hydrogens (tertiary/aromatic N) is 1. The predicted octanol–water partition coefficient (Wildman–Crippen LogP) is 2.84. The molecule has 92 valence electrons. The second kappa shape index (κ2) is 5.46. The zero-order valence-corrected chi connectivity index (χ0v) is 10.7. The van der Waals surface area contributed by atoms with Gasteiger partial charge in [-0.1, -0.05) is 44.2 Å². The third-order valence-electron chi connectivity index (χ3n) is 3.80. The molecule has 1 saturated heterocycles. The van der Waals surface area contributed by atoms with Gasteiger partial charge in [0.1, 0.15) is 5.78 Å². The van der Waals surface area contributed by atoms with Crippen LogP contribution in [0.2, 0.25) is 0 Å². The summed E-state index contributed by atoms with van der Waals surface area (Å²) in [6.07, 6.45) is 1.65. The Morgan fingerprint density at radius 2 is 2.00 bits per heavy atom. The molecule has 1 aliphatic heterocycles. The minimum absolute atomic E-state index is 0.148. The molecule has 0 saturated carbocycles. The molecule has 1 fully saturated rings. The molecule has 2 atom stereocenters. The lowest BCUT2D eigenvalue weighted by Crippen LogP contribution is -2.35. The van der Waals surface area contributed by atoms with Crippen LogP contribution in [0.5, 0.6) is 0 Å². The molecule has 0 N–H and O–H groups in total. The highest BCUT2D eigenvalue weighted by atomic mass is 16.1. The van der Waals surface area contributed by atoms with Crippen LogP contribution >= 0.6 is 0 Å². The molecule has 2 nitrogen and oxygen atoms in total. The number of hydrogen-bond donors (Lipinski definition) is 0. The van der Waals surface area contributed by atoms with E-state index in [9.17, 15) is 4.79 Å². The minimum Gasteiger partial charge on any atom is -0.298 e. The Morgan fingerprint density at radius 1 is 1.29 bits per heavy atom. The lowest BCUT2D eigenvalue weighted by Gasteiger charge is -2.20. The van der Waals surface area contributed by atoms with Crippen LogP contribution in [-0.2, 0) is 4.79 Å². The first kappa shape index (κ1) is 12.3. The highest BCUT2D eigenvalue weighted by Gasteiger charge is 2.35. The van der Waals surface area contributed by atoms with E-state index in [0.29, 0.717) is 18.1 Å². The van der Waals surface area contributed by atoms with E-state index in [2.05, 4.69) is 36.1 Å². The molecule has 2 unspecified atom stereocenters. The zero-order chi connectivity index (χ0) is 12.3.